The van der Waals surface area contributed by atoms with Gasteiger partial charge >= 0.3 is 110 Å². The van der Waals surface area contributed by atoms with Gasteiger partial charge in [0.05, 0.1) is 0 Å². The Morgan fingerprint density at radius 1 is 1.53 bits per heavy atom. The number of ether oxygens (including phenoxy) is 1. The Morgan fingerprint density at radius 3 is 2.73 bits per heavy atom. The Bertz CT molecular complexity index is 380. The zero-order chi connectivity index (χ0) is 11.4. The predicted molar refractivity (Wildman–Crippen MR) is 57.1 cm³/mol. The molecule has 5 heteroatoms. The quantitative estimate of drug-likeness (QED) is 0.541. The van der Waals surface area contributed by atoms with Crippen LogP contribution in [0.1, 0.15) is 18.1 Å². The number of carbonyl (C=O) groups is 1. The molecule has 15 heavy (non-hydrogen) atoms. The third kappa shape index (κ3) is 3.93. The van der Waals surface area contributed by atoms with Crippen LogP contribution in [-0.2, 0) is 39.5 Å². The molecule has 1 aromatic rings. The molecular weight excluding hydrogens is 424 g/mol. The summed E-state index contributed by atoms with van der Waals surface area (Å²) in [7, 11) is 5.97. The van der Waals surface area contributed by atoms with Crippen LogP contribution in [-0.4, -0.2) is 5.97 Å². The standard InChI is InChI=1S/C10H10ClO2.ClH.Hg/c1-7-3-4-10(11)9(5-7)6-13-8(2)12;;/h3,5H,6H2,1-2H3;1H;/q;;+1/p-1. The van der Waals surface area contributed by atoms with Gasteiger partial charge in [-0.2, -0.15) is 0 Å². The van der Waals surface area contributed by atoms with Crippen molar-refractivity contribution in [2.75, 3.05) is 0 Å². The summed E-state index contributed by atoms with van der Waals surface area (Å²) in [5, 5.41) is 0.679. The number of hydrogen-bond donors (Lipinski definition) is 0. The van der Waals surface area contributed by atoms with Crippen molar-refractivity contribution in [3.05, 3.63) is 28.3 Å². The van der Waals surface area contributed by atoms with Crippen molar-refractivity contribution in [1.82, 2.24) is 0 Å². The van der Waals surface area contributed by atoms with E-state index >= 15 is 0 Å². The maximum atomic E-state index is 10.7. The third-order valence-electron chi connectivity index (χ3n) is 1.94. The molecule has 0 aliphatic rings. The van der Waals surface area contributed by atoms with Gasteiger partial charge < -0.3 is 0 Å². The topological polar surface area (TPSA) is 26.3 Å². The number of halogens is 2. The number of rotatable bonds is 3. The average molecular weight is 434 g/mol. The van der Waals surface area contributed by atoms with E-state index in [2.05, 4.69) is 0 Å². The van der Waals surface area contributed by atoms with Crippen LogP contribution >= 0.6 is 19.9 Å². The molecular formula is C10H10Cl2HgO2. The van der Waals surface area contributed by atoms with E-state index in [0.29, 0.717) is 5.02 Å². The van der Waals surface area contributed by atoms with Crippen LogP contribution in [0.15, 0.2) is 12.1 Å². The monoisotopic (exact) mass is 434 g/mol. The molecule has 0 spiro atoms. The minimum absolute atomic E-state index is 0.230. The Kier molecular flexibility index (Phi) is 5.37. The summed E-state index contributed by atoms with van der Waals surface area (Å²) in [4.78, 5) is 10.7. The normalized spacial score (nSPS) is 9.60. The first-order chi connectivity index (χ1) is 7.04. The van der Waals surface area contributed by atoms with Gasteiger partial charge in [0.1, 0.15) is 0 Å². The van der Waals surface area contributed by atoms with Gasteiger partial charge in [-0.25, -0.2) is 0 Å². The van der Waals surface area contributed by atoms with E-state index in [1.807, 2.05) is 19.1 Å². The number of benzene rings is 1. The molecule has 0 aliphatic heterocycles. The summed E-state index contributed by atoms with van der Waals surface area (Å²) >= 11 is 4.62. The van der Waals surface area contributed by atoms with Crippen molar-refractivity contribution in [2.45, 2.75) is 20.5 Å². The fraction of sp³-hybridized carbons (Fsp3) is 0.300. The molecule has 0 saturated heterocycles. The second kappa shape index (κ2) is 6.07. The van der Waals surface area contributed by atoms with Gasteiger partial charge in [-0.3, -0.25) is 0 Å². The van der Waals surface area contributed by atoms with Crippen LogP contribution < -0.4 is 3.07 Å². The van der Waals surface area contributed by atoms with E-state index < -0.39 is 23.3 Å². The Morgan fingerprint density at radius 2 is 2.20 bits per heavy atom. The molecule has 1 rings (SSSR count). The molecule has 0 bridgehead atoms. The van der Waals surface area contributed by atoms with Gasteiger partial charge in [0.15, 0.2) is 0 Å². The van der Waals surface area contributed by atoms with E-state index in [-0.39, 0.29) is 12.6 Å². The van der Waals surface area contributed by atoms with Crippen molar-refractivity contribution < 1.29 is 32.9 Å². The number of carbonyl (C=O) groups excluding carboxylic acids is 1. The van der Waals surface area contributed by atoms with Gasteiger partial charge in [-0.05, 0) is 0 Å². The molecule has 1 aromatic carbocycles. The van der Waals surface area contributed by atoms with Gasteiger partial charge in [-0.1, -0.05) is 0 Å². The number of esters is 1. The predicted octanol–water partition coefficient (Wildman–Crippen LogP) is 2.57. The summed E-state index contributed by atoms with van der Waals surface area (Å²) in [6.07, 6.45) is 0. The van der Waals surface area contributed by atoms with E-state index in [0.717, 1.165) is 14.2 Å². The molecule has 2 nitrogen and oxygen atoms in total. The molecule has 0 N–H and O–H groups in total. The Balaban J connectivity index is 2.95. The summed E-state index contributed by atoms with van der Waals surface area (Å²) in [5.74, 6) is -0.301. The van der Waals surface area contributed by atoms with E-state index in [1.54, 1.807) is 0 Å². The SMILES string of the molecule is CC(=O)OCc1cc(C)c[c]([Hg][Cl])c1Cl. The number of hydrogen-bond acceptors (Lipinski definition) is 2. The molecule has 0 radical (unpaired) electrons. The van der Waals surface area contributed by atoms with Crippen molar-refractivity contribution >= 4 is 28.9 Å². The molecule has 0 saturated carbocycles. The van der Waals surface area contributed by atoms with Gasteiger partial charge in [0.25, 0.3) is 0 Å². The van der Waals surface area contributed by atoms with Crippen molar-refractivity contribution in [1.29, 1.82) is 0 Å². The zero-order valence-electron chi connectivity index (χ0n) is 8.64. The fourth-order valence-electron chi connectivity index (χ4n) is 1.31. The first kappa shape index (κ1) is 13.3. The van der Waals surface area contributed by atoms with Crippen molar-refractivity contribution in [2.24, 2.45) is 0 Å². The molecule has 0 amide bonds. The van der Waals surface area contributed by atoms with Crippen molar-refractivity contribution in [3.8, 4) is 0 Å². The van der Waals surface area contributed by atoms with Crippen LogP contribution in [0.25, 0.3) is 0 Å². The van der Waals surface area contributed by atoms with Crippen LogP contribution in [0.4, 0.5) is 0 Å². The molecule has 0 aliphatic carbocycles. The Hall–Kier alpha value is 0.205. The molecule has 0 atom stereocenters. The van der Waals surface area contributed by atoms with Gasteiger partial charge in [0.2, 0.25) is 0 Å². The van der Waals surface area contributed by atoms with Gasteiger partial charge in [-0.15, -0.1) is 0 Å². The average Bonchev–Trinajstić information content (AvgIpc) is 2.18. The molecule has 0 aromatic heterocycles. The second-order valence-corrected chi connectivity index (χ2v) is 10.0. The summed E-state index contributed by atoms with van der Waals surface area (Å²) in [6.45, 7) is 3.59. The summed E-state index contributed by atoms with van der Waals surface area (Å²) in [6, 6.07) is 3.95. The Labute approximate surface area is 110 Å². The van der Waals surface area contributed by atoms with E-state index in [1.165, 1.54) is 6.92 Å². The van der Waals surface area contributed by atoms with Crippen LogP contribution in [0.5, 0.6) is 0 Å². The summed E-state index contributed by atoms with van der Waals surface area (Å²) < 4.78 is 6.01. The van der Waals surface area contributed by atoms with E-state index in [4.69, 9.17) is 24.6 Å². The molecule has 78 valence electrons. The zero-order valence-corrected chi connectivity index (χ0v) is 15.7. The van der Waals surface area contributed by atoms with Crippen LogP contribution in [0.2, 0.25) is 5.02 Å². The number of aryl methyl sites for hydroxylation is 1. The second-order valence-electron chi connectivity index (χ2n) is 3.31. The van der Waals surface area contributed by atoms with Crippen molar-refractivity contribution in [3.63, 3.8) is 0 Å². The maximum absolute atomic E-state index is 10.7. The van der Waals surface area contributed by atoms with Crippen LogP contribution in [0, 0.1) is 6.92 Å². The van der Waals surface area contributed by atoms with Crippen LogP contribution in [0.3, 0.4) is 0 Å². The van der Waals surface area contributed by atoms with E-state index in [9.17, 15) is 4.79 Å². The fourth-order valence-corrected chi connectivity index (χ4v) is 7.40. The van der Waals surface area contributed by atoms with Gasteiger partial charge in [0, 0.05) is 0 Å². The third-order valence-corrected chi connectivity index (χ3v) is 9.11. The first-order valence-corrected chi connectivity index (χ1v) is 14.4. The first-order valence-electron chi connectivity index (χ1n) is 4.51. The molecule has 0 unspecified atom stereocenters. The molecule has 0 fully saturated rings. The summed E-state index contributed by atoms with van der Waals surface area (Å²) in [5.41, 5.74) is 1.96. The molecule has 0 heterocycles. The minimum atomic E-state index is -1.52.